The van der Waals surface area contributed by atoms with Gasteiger partial charge in [0.25, 0.3) is 0 Å². The van der Waals surface area contributed by atoms with Gasteiger partial charge in [0.2, 0.25) is 5.91 Å². The van der Waals surface area contributed by atoms with Crippen molar-refractivity contribution >= 4 is 17.2 Å². The van der Waals surface area contributed by atoms with Crippen LogP contribution in [-0.4, -0.2) is 60.7 Å². The van der Waals surface area contributed by atoms with Gasteiger partial charge >= 0.3 is 0 Å². The predicted molar refractivity (Wildman–Crippen MR) is 83.5 cm³/mol. The van der Waals surface area contributed by atoms with E-state index in [1.165, 1.54) is 0 Å². The van der Waals surface area contributed by atoms with Crippen molar-refractivity contribution in [2.45, 2.75) is 6.61 Å². The van der Waals surface area contributed by atoms with Crippen LogP contribution in [0.4, 0.5) is 0 Å². The number of amides is 1. The van der Waals surface area contributed by atoms with E-state index in [2.05, 4.69) is 17.1 Å². The highest BCUT2D eigenvalue weighted by molar-refractivity contribution is 7.13. The Kier molecular flexibility index (Phi) is 4.87. The second-order valence-electron chi connectivity index (χ2n) is 5.34. The number of piperazine rings is 1. The number of likely N-dealkylation sites (N-methyl/N-ethyl adjacent to an activating group) is 1. The van der Waals surface area contributed by atoms with E-state index < -0.39 is 0 Å². The van der Waals surface area contributed by atoms with Crippen molar-refractivity contribution in [3.05, 3.63) is 29.3 Å². The van der Waals surface area contributed by atoms with Crippen molar-refractivity contribution in [2.24, 2.45) is 0 Å². The molecule has 1 aliphatic heterocycles. The Labute approximate surface area is 133 Å². The molecule has 7 heteroatoms. The molecule has 0 bridgehead atoms. The third-order valence-corrected chi connectivity index (χ3v) is 4.54. The standard InChI is InChI=1S/C15H19N3O3S/c1-17-4-6-18(7-5-17)15(19)11-20-10-12-9-13(21-16-12)14-3-2-8-22-14/h2-3,8-9H,4-7,10-11H2,1H3. The molecule has 0 saturated carbocycles. The number of aromatic nitrogens is 1. The number of carbonyl (C=O) groups is 1. The van der Waals surface area contributed by atoms with Crippen LogP contribution in [0, 0.1) is 0 Å². The number of thiophene rings is 1. The third-order valence-electron chi connectivity index (χ3n) is 3.65. The van der Waals surface area contributed by atoms with Gasteiger partial charge in [-0.05, 0) is 18.5 Å². The Morgan fingerprint density at radius 3 is 2.95 bits per heavy atom. The fourth-order valence-corrected chi connectivity index (χ4v) is 2.98. The molecule has 1 amide bonds. The van der Waals surface area contributed by atoms with E-state index in [0.29, 0.717) is 5.69 Å². The summed E-state index contributed by atoms with van der Waals surface area (Å²) in [5, 5.41) is 5.96. The van der Waals surface area contributed by atoms with Gasteiger partial charge in [0.05, 0.1) is 11.5 Å². The summed E-state index contributed by atoms with van der Waals surface area (Å²) in [7, 11) is 2.06. The number of hydrogen-bond donors (Lipinski definition) is 0. The summed E-state index contributed by atoms with van der Waals surface area (Å²) >= 11 is 1.60. The largest absolute Gasteiger partial charge is 0.365 e. The highest BCUT2D eigenvalue weighted by Crippen LogP contribution is 2.25. The molecule has 6 nitrogen and oxygen atoms in total. The summed E-state index contributed by atoms with van der Waals surface area (Å²) in [5.74, 6) is 0.772. The van der Waals surface area contributed by atoms with Gasteiger partial charge in [0.1, 0.15) is 12.3 Å². The van der Waals surface area contributed by atoms with E-state index >= 15 is 0 Å². The topological polar surface area (TPSA) is 58.8 Å². The lowest BCUT2D eigenvalue weighted by atomic mass is 10.3. The van der Waals surface area contributed by atoms with Crippen molar-refractivity contribution in [2.75, 3.05) is 39.8 Å². The molecule has 2 aromatic heterocycles. The fourth-order valence-electron chi connectivity index (χ4n) is 2.30. The molecule has 1 fully saturated rings. The van der Waals surface area contributed by atoms with Crippen LogP contribution in [-0.2, 0) is 16.1 Å². The van der Waals surface area contributed by atoms with Crippen LogP contribution in [0.15, 0.2) is 28.1 Å². The molecule has 0 unspecified atom stereocenters. The third kappa shape index (κ3) is 3.73. The lowest BCUT2D eigenvalue weighted by Crippen LogP contribution is -2.48. The van der Waals surface area contributed by atoms with Gasteiger partial charge < -0.3 is 19.1 Å². The molecule has 2 aromatic rings. The summed E-state index contributed by atoms with van der Waals surface area (Å²) < 4.78 is 10.7. The average Bonchev–Trinajstić information content (AvgIpc) is 3.19. The minimum atomic E-state index is 0.0371. The number of carbonyl (C=O) groups excluding carboxylic acids is 1. The summed E-state index contributed by atoms with van der Waals surface area (Å²) in [6, 6.07) is 5.80. The summed E-state index contributed by atoms with van der Waals surface area (Å²) in [5.41, 5.74) is 0.703. The Balaban J connectivity index is 1.44. The number of rotatable bonds is 5. The second kappa shape index (κ2) is 7.04. The van der Waals surface area contributed by atoms with E-state index in [1.54, 1.807) is 11.3 Å². The fraction of sp³-hybridized carbons (Fsp3) is 0.467. The van der Waals surface area contributed by atoms with Crippen LogP contribution in [0.5, 0.6) is 0 Å². The molecule has 1 aliphatic rings. The maximum Gasteiger partial charge on any atom is 0.248 e. The molecule has 0 aliphatic carbocycles. The molecule has 3 heterocycles. The van der Waals surface area contributed by atoms with Gasteiger partial charge in [-0.15, -0.1) is 11.3 Å². The lowest BCUT2D eigenvalue weighted by molar-refractivity contribution is -0.138. The number of nitrogens with zero attached hydrogens (tertiary/aromatic N) is 3. The highest BCUT2D eigenvalue weighted by Gasteiger charge is 2.19. The molecule has 22 heavy (non-hydrogen) atoms. The van der Waals surface area contributed by atoms with Gasteiger partial charge in [-0.25, -0.2) is 0 Å². The monoisotopic (exact) mass is 321 g/mol. The summed E-state index contributed by atoms with van der Waals surface area (Å²) in [6.45, 7) is 3.74. The van der Waals surface area contributed by atoms with Crippen molar-refractivity contribution in [1.82, 2.24) is 15.0 Å². The molecule has 0 aromatic carbocycles. The van der Waals surface area contributed by atoms with E-state index in [-0.39, 0.29) is 19.1 Å². The Hall–Kier alpha value is -1.70. The second-order valence-corrected chi connectivity index (χ2v) is 6.28. The van der Waals surface area contributed by atoms with E-state index in [4.69, 9.17) is 9.26 Å². The zero-order valence-electron chi connectivity index (χ0n) is 12.5. The normalized spacial score (nSPS) is 16.1. The first kappa shape index (κ1) is 15.2. The Morgan fingerprint density at radius 2 is 2.23 bits per heavy atom. The van der Waals surface area contributed by atoms with Gasteiger partial charge in [-0.3, -0.25) is 4.79 Å². The molecular weight excluding hydrogens is 302 g/mol. The first-order chi connectivity index (χ1) is 10.7. The molecule has 118 valence electrons. The average molecular weight is 321 g/mol. The van der Waals surface area contributed by atoms with Crippen LogP contribution in [0.1, 0.15) is 5.69 Å². The quantitative estimate of drug-likeness (QED) is 0.839. The minimum Gasteiger partial charge on any atom is -0.365 e. The molecule has 3 rings (SSSR count). The molecule has 0 radical (unpaired) electrons. The number of hydrogen-bond acceptors (Lipinski definition) is 6. The predicted octanol–water partition coefficient (Wildman–Crippen LogP) is 1.69. The highest BCUT2D eigenvalue weighted by atomic mass is 32.1. The van der Waals surface area contributed by atoms with Gasteiger partial charge in [0.15, 0.2) is 5.76 Å². The first-order valence-corrected chi connectivity index (χ1v) is 8.14. The van der Waals surface area contributed by atoms with Crippen LogP contribution >= 0.6 is 11.3 Å². The molecule has 0 N–H and O–H groups in total. The lowest BCUT2D eigenvalue weighted by Gasteiger charge is -2.32. The van der Waals surface area contributed by atoms with Gasteiger partial charge in [-0.1, -0.05) is 11.2 Å². The zero-order valence-corrected chi connectivity index (χ0v) is 13.3. The van der Waals surface area contributed by atoms with Crippen LogP contribution in [0.2, 0.25) is 0 Å². The Morgan fingerprint density at radius 1 is 1.41 bits per heavy atom. The smallest absolute Gasteiger partial charge is 0.248 e. The SMILES string of the molecule is CN1CCN(C(=O)COCc2cc(-c3cccs3)on2)CC1. The van der Waals surface area contributed by atoms with Crippen LogP contribution in [0.3, 0.4) is 0 Å². The molecule has 0 atom stereocenters. The van der Waals surface area contributed by atoms with Crippen molar-refractivity contribution < 1.29 is 14.1 Å². The Bertz CT molecular complexity index is 603. The maximum absolute atomic E-state index is 12.0. The van der Waals surface area contributed by atoms with E-state index in [0.717, 1.165) is 36.8 Å². The van der Waals surface area contributed by atoms with Crippen molar-refractivity contribution in [1.29, 1.82) is 0 Å². The van der Waals surface area contributed by atoms with E-state index in [1.807, 2.05) is 28.5 Å². The van der Waals surface area contributed by atoms with E-state index in [9.17, 15) is 4.79 Å². The maximum atomic E-state index is 12.0. The zero-order chi connectivity index (χ0) is 15.4. The molecule has 0 spiro atoms. The van der Waals surface area contributed by atoms with Crippen LogP contribution < -0.4 is 0 Å². The summed E-state index contributed by atoms with van der Waals surface area (Å²) in [6.07, 6.45) is 0. The minimum absolute atomic E-state index is 0.0371. The first-order valence-electron chi connectivity index (χ1n) is 7.26. The number of ether oxygens (including phenoxy) is 1. The van der Waals surface area contributed by atoms with Crippen molar-refractivity contribution in [3.8, 4) is 10.6 Å². The molecule has 1 saturated heterocycles. The van der Waals surface area contributed by atoms with Crippen molar-refractivity contribution in [3.63, 3.8) is 0 Å². The van der Waals surface area contributed by atoms with Crippen LogP contribution in [0.25, 0.3) is 10.6 Å². The summed E-state index contributed by atoms with van der Waals surface area (Å²) in [4.78, 5) is 17.1. The van der Waals surface area contributed by atoms with Gasteiger partial charge in [0, 0.05) is 32.2 Å². The van der Waals surface area contributed by atoms with Gasteiger partial charge in [-0.2, -0.15) is 0 Å². The molecular formula is C15H19N3O3S.